The summed E-state index contributed by atoms with van der Waals surface area (Å²) in [6.07, 6.45) is 1.38. The predicted molar refractivity (Wildman–Crippen MR) is 98.1 cm³/mol. The fourth-order valence-corrected chi connectivity index (χ4v) is 3.85. The Balaban J connectivity index is 1.65. The molecule has 0 unspecified atom stereocenters. The molecule has 0 aromatic carbocycles. The molecule has 0 bridgehead atoms. The van der Waals surface area contributed by atoms with Gasteiger partial charge in [0.25, 0.3) is 6.43 Å². The van der Waals surface area contributed by atoms with Gasteiger partial charge in [-0.05, 0) is 37.7 Å². The van der Waals surface area contributed by atoms with Gasteiger partial charge in [-0.15, -0.1) is 0 Å². The molecule has 3 heterocycles. The molecule has 0 saturated carbocycles. The number of H-pyrrole nitrogens is 1. The highest BCUT2D eigenvalue weighted by Gasteiger charge is 2.27. The second-order valence-electron chi connectivity index (χ2n) is 7.21. The van der Waals surface area contributed by atoms with Crippen LogP contribution in [-0.2, 0) is 19.4 Å². The third-order valence-corrected chi connectivity index (χ3v) is 5.14. The van der Waals surface area contributed by atoms with E-state index in [1.807, 2.05) is 0 Å². The molecule has 0 radical (unpaired) electrons. The van der Waals surface area contributed by atoms with Gasteiger partial charge in [-0.1, -0.05) is 13.8 Å². The zero-order valence-corrected chi connectivity index (χ0v) is 15.6. The normalized spacial score (nSPS) is 17.1. The maximum atomic E-state index is 13.3. The highest BCUT2D eigenvalue weighted by Crippen LogP contribution is 2.30. The molecular weight excluding hydrogens is 352 g/mol. The van der Waals surface area contributed by atoms with Crippen molar-refractivity contribution in [1.82, 2.24) is 29.7 Å². The summed E-state index contributed by atoms with van der Waals surface area (Å²) in [5, 5.41) is 11.0. The highest BCUT2D eigenvalue weighted by atomic mass is 19.3. The van der Waals surface area contributed by atoms with E-state index in [0.29, 0.717) is 29.4 Å². The summed E-state index contributed by atoms with van der Waals surface area (Å²) >= 11 is 0. The smallest absolute Gasteiger partial charge is 0.295 e. The van der Waals surface area contributed by atoms with Crippen molar-refractivity contribution in [2.24, 2.45) is 0 Å². The first kappa shape index (κ1) is 17.8. The van der Waals surface area contributed by atoms with Crippen molar-refractivity contribution in [3.05, 3.63) is 29.1 Å². The standard InChI is InChI=1S/C18H23F2N7/c1-4-27-17-14(24-18(27)15(19)20)16(21-8-22-17)23-10-5-6-12-11(7-10)13(9(2)3)26-25-12/h8-10,15H,4-7H2,1-3H3,(H,25,26)(H,21,22,23)/t10-/m1/s1. The molecule has 1 aliphatic carbocycles. The van der Waals surface area contributed by atoms with Crippen LogP contribution < -0.4 is 5.32 Å². The van der Waals surface area contributed by atoms with Crippen LogP contribution in [0.25, 0.3) is 11.2 Å². The van der Waals surface area contributed by atoms with Gasteiger partial charge in [0.2, 0.25) is 0 Å². The quantitative estimate of drug-likeness (QED) is 0.712. The zero-order valence-electron chi connectivity index (χ0n) is 15.6. The van der Waals surface area contributed by atoms with Gasteiger partial charge in [0, 0.05) is 18.3 Å². The van der Waals surface area contributed by atoms with E-state index in [2.05, 4.69) is 44.3 Å². The van der Waals surface area contributed by atoms with Crippen LogP contribution in [0.1, 0.15) is 62.3 Å². The van der Waals surface area contributed by atoms with E-state index in [4.69, 9.17) is 0 Å². The lowest BCUT2D eigenvalue weighted by Gasteiger charge is -2.24. The number of alkyl halides is 2. The first-order valence-corrected chi connectivity index (χ1v) is 9.31. The topological polar surface area (TPSA) is 84.3 Å². The maximum Gasteiger partial charge on any atom is 0.295 e. The van der Waals surface area contributed by atoms with Gasteiger partial charge in [-0.2, -0.15) is 5.10 Å². The average molecular weight is 375 g/mol. The number of anilines is 1. The van der Waals surface area contributed by atoms with E-state index in [9.17, 15) is 8.78 Å². The van der Waals surface area contributed by atoms with Crippen LogP contribution in [0.3, 0.4) is 0 Å². The molecule has 3 aromatic rings. The number of fused-ring (bicyclic) bond motifs is 2. The van der Waals surface area contributed by atoms with Crippen molar-refractivity contribution in [3.63, 3.8) is 0 Å². The van der Waals surface area contributed by atoms with Gasteiger partial charge in [0.1, 0.15) is 6.33 Å². The lowest BCUT2D eigenvalue weighted by Crippen LogP contribution is -2.28. The van der Waals surface area contributed by atoms with Crippen molar-refractivity contribution < 1.29 is 8.78 Å². The SMILES string of the molecule is CCn1c(C(F)F)nc2c(N[C@@H]3CCc4[nH]nc(C(C)C)c4C3)ncnc21. The zero-order chi connectivity index (χ0) is 19.1. The molecular formula is C18H23F2N7. The highest BCUT2D eigenvalue weighted by molar-refractivity contribution is 5.83. The first-order valence-electron chi connectivity index (χ1n) is 9.31. The maximum absolute atomic E-state index is 13.3. The number of imidazole rings is 1. The Labute approximate surface area is 155 Å². The molecule has 9 heteroatoms. The number of nitrogens with one attached hydrogen (secondary N) is 2. The van der Waals surface area contributed by atoms with E-state index in [-0.39, 0.29) is 11.9 Å². The molecule has 0 amide bonds. The van der Waals surface area contributed by atoms with Gasteiger partial charge in [0.15, 0.2) is 22.8 Å². The summed E-state index contributed by atoms with van der Waals surface area (Å²) in [6.45, 7) is 6.44. The van der Waals surface area contributed by atoms with E-state index in [0.717, 1.165) is 25.0 Å². The minimum Gasteiger partial charge on any atom is -0.365 e. The Bertz CT molecular complexity index is 960. The molecule has 0 aliphatic heterocycles. The lowest BCUT2D eigenvalue weighted by atomic mass is 9.89. The summed E-state index contributed by atoms with van der Waals surface area (Å²) in [6, 6.07) is 0.146. The van der Waals surface area contributed by atoms with Crippen LogP contribution in [0.2, 0.25) is 0 Å². The van der Waals surface area contributed by atoms with Gasteiger partial charge < -0.3 is 9.88 Å². The van der Waals surface area contributed by atoms with Crippen LogP contribution in [0.15, 0.2) is 6.33 Å². The van der Waals surface area contributed by atoms with E-state index < -0.39 is 6.43 Å². The van der Waals surface area contributed by atoms with E-state index >= 15 is 0 Å². The van der Waals surface area contributed by atoms with E-state index in [1.165, 1.54) is 22.2 Å². The van der Waals surface area contributed by atoms with Crippen molar-refractivity contribution in [3.8, 4) is 0 Å². The van der Waals surface area contributed by atoms with Gasteiger partial charge >= 0.3 is 0 Å². The fraction of sp³-hybridized carbons (Fsp3) is 0.556. The van der Waals surface area contributed by atoms with Crippen LogP contribution in [-0.4, -0.2) is 35.8 Å². The van der Waals surface area contributed by atoms with Gasteiger partial charge in [-0.3, -0.25) is 5.10 Å². The van der Waals surface area contributed by atoms with E-state index in [1.54, 1.807) is 6.92 Å². The Hall–Kier alpha value is -2.58. The summed E-state index contributed by atoms with van der Waals surface area (Å²) in [4.78, 5) is 12.6. The summed E-state index contributed by atoms with van der Waals surface area (Å²) in [5.74, 6) is 0.597. The summed E-state index contributed by atoms with van der Waals surface area (Å²) in [7, 11) is 0. The summed E-state index contributed by atoms with van der Waals surface area (Å²) < 4.78 is 28.1. The third kappa shape index (κ3) is 3.04. The molecule has 7 nitrogen and oxygen atoms in total. The second kappa shape index (κ2) is 6.86. The molecule has 0 fully saturated rings. The minimum absolute atomic E-state index is 0.146. The molecule has 3 aromatic heterocycles. The number of nitrogens with zero attached hydrogens (tertiary/aromatic N) is 5. The number of aryl methyl sites for hydroxylation is 2. The Morgan fingerprint density at radius 1 is 1.33 bits per heavy atom. The largest absolute Gasteiger partial charge is 0.365 e. The molecule has 1 atom stereocenters. The number of aromatic nitrogens is 6. The van der Waals surface area contributed by atoms with Crippen molar-refractivity contribution in [1.29, 1.82) is 0 Å². The fourth-order valence-electron chi connectivity index (χ4n) is 3.85. The molecule has 27 heavy (non-hydrogen) atoms. The molecule has 144 valence electrons. The van der Waals surface area contributed by atoms with Crippen molar-refractivity contribution in [2.45, 2.75) is 65.0 Å². The van der Waals surface area contributed by atoms with Crippen molar-refractivity contribution in [2.75, 3.05) is 5.32 Å². The molecule has 1 aliphatic rings. The molecule has 0 saturated heterocycles. The van der Waals surface area contributed by atoms with Crippen LogP contribution in [0.4, 0.5) is 14.6 Å². The number of aromatic amines is 1. The number of hydrogen-bond donors (Lipinski definition) is 2. The third-order valence-electron chi connectivity index (χ3n) is 5.14. The number of hydrogen-bond acceptors (Lipinski definition) is 5. The predicted octanol–water partition coefficient (Wildman–Crippen LogP) is 3.60. The molecule has 2 N–H and O–H groups in total. The summed E-state index contributed by atoms with van der Waals surface area (Å²) in [5.41, 5.74) is 4.38. The van der Waals surface area contributed by atoms with Crippen molar-refractivity contribution >= 4 is 17.0 Å². The van der Waals surface area contributed by atoms with Crippen LogP contribution >= 0.6 is 0 Å². The number of rotatable bonds is 5. The first-order chi connectivity index (χ1) is 13.0. The number of halogens is 2. The lowest BCUT2D eigenvalue weighted by molar-refractivity contribution is 0.136. The Morgan fingerprint density at radius 3 is 2.85 bits per heavy atom. The molecule has 4 rings (SSSR count). The second-order valence-corrected chi connectivity index (χ2v) is 7.21. The molecule has 0 spiro atoms. The van der Waals surface area contributed by atoms with Gasteiger partial charge in [0.05, 0.1) is 5.69 Å². The van der Waals surface area contributed by atoms with Crippen LogP contribution in [0.5, 0.6) is 0 Å². The Kier molecular flexibility index (Phi) is 4.53. The minimum atomic E-state index is -2.65. The Morgan fingerprint density at radius 2 is 2.15 bits per heavy atom. The van der Waals surface area contributed by atoms with Crippen LogP contribution in [0, 0.1) is 0 Å². The average Bonchev–Trinajstić information content (AvgIpc) is 3.23. The van der Waals surface area contributed by atoms with Gasteiger partial charge in [-0.25, -0.2) is 23.7 Å². The monoisotopic (exact) mass is 375 g/mol.